The van der Waals surface area contributed by atoms with Gasteiger partial charge in [0.25, 0.3) is 0 Å². The Bertz CT molecular complexity index is 438. The smallest absolute Gasteiger partial charge is 0.166 e. The van der Waals surface area contributed by atoms with Crippen LogP contribution in [0.3, 0.4) is 0 Å². The fraction of sp³-hybridized carbons (Fsp3) is 0.111. The number of anilines is 1. The molecule has 0 fully saturated rings. The van der Waals surface area contributed by atoms with Crippen molar-refractivity contribution in [3.8, 4) is 11.4 Å². The van der Waals surface area contributed by atoms with Crippen molar-refractivity contribution in [2.75, 3.05) is 12.8 Å². The van der Waals surface area contributed by atoms with E-state index in [4.69, 9.17) is 10.5 Å². The van der Waals surface area contributed by atoms with Gasteiger partial charge in [0.1, 0.15) is 5.75 Å². The zero-order chi connectivity index (χ0) is 9.97. The van der Waals surface area contributed by atoms with E-state index in [9.17, 15) is 0 Å². The molecule has 0 spiro atoms. The monoisotopic (exact) mass is 190 g/mol. The van der Waals surface area contributed by atoms with Gasteiger partial charge in [-0.1, -0.05) is 6.07 Å². The van der Waals surface area contributed by atoms with Gasteiger partial charge in [0, 0.05) is 6.07 Å². The van der Waals surface area contributed by atoms with E-state index < -0.39 is 0 Å². The third kappa shape index (κ3) is 1.52. The standard InChI is InChI=1S/C9H10N4O/c1-14-8-4-2-3-7(5-8)13-11-6-9(10)12-13/h2-6H,1H3,(H2,10,12). The van der Waals surface area contributed by atoms with Crippen LogP contribution in [0.4, 0.5) is 5.82 Å². The van der Waals surface area contributed by atoms with Gasteiger partial charge in [0.05, 0.1) is 19.0 Å². The van der Waals surface area contributed by atoms with Gasteiger partial charge in [-0.3, -0.25) is 0 Å². The van der Waals surface area contributed by atoms with Crippen molar-refractivity contribution in [3.05, 3.63) is 30.5 Å². The minimum absolute atomic E-state index is 0.396. The van der Waals surface area contributed by atoms with Crippen molar-refractivity contribution in [3.63, 3.8) is 0 Å². The van der Waals surface area contributed by atoms with Gasteiger partial charge in [-0.05, 0) is 12.1 Å². The van der Waals surface area contributed by atoms with E-state index in [0.29, 0.717) is 5.82 Å². The van der Waals surface area contributed by atoms with Crippen LogP contribution in [-0.4, -0.2) is 22.1 Å². The molecule has 0 aliphatic heterocycles. The van der Waals surface area contributed by atoms with Crippen molar-refractivity contribution in [1.29, 1.82) is 0 Å². The van der Waals surface area contributed by atoms with E-state index >= 15 is 0 Å². The summed E-state index contributed by atoms with van der Waals surface area (Å²) in [6.07, 6.45) is 1.50. The molecular weight excluding hydrogens is 180 g/mol. The third-order valence-corrected chi connectivity index (χ3v) is 1.79. The Hall–Kier alpha value is -2.04. The maximum absolute atomic E-state index is 5.46. The summed E-state index contributed by atoms with van der Waals surface area (Å²) in [5.74, 6) is 1.16. The van der Waals surface area contributed by atoms with Crippen LogP contribution < -0.4 is 10.5 Å². The predicted molar refractivity (Wildman–Crippen MR) is 52.3 cm³/mol. The van der Waals surface area contributed by atoms with Crippen LogP contribution in [0, 0.1) is 0 Å². The van der Waals surface area contributed by atoms with Gasteiger partial charge < -0.3 is 10.5 Å². The van der Waals surface area contributed by atoms with E-state index in [2.05, 4.69) is 10.2 Å². The summed E-state index contributed by atoms with van der Waals surface area (Å²) in [6, 6.07) is 7.44. The summed E-state index contributed by atoms with van der Waals surface area (Å²) in [4.78, 5) is 1.46. The number of aromatic nitrogens is 3. The first-order chi connectivity index (χ1) is 6.79. The lowest BCUT2D eigenvalue weighted by molar-refractivity contribution is 0.414. The first-order valence-electron chi connectivity index (χ1n) is 4.12. The number of ether oxygens (including phenoxy) is 1. The van der Waals surface area contributed by atoms with Crippen molar-refractivity contribution < 1.29 is 4.74 Å². The second-order valence-corrected chi connectivity index (χ2v) is 2.76. The van der Waals surface area contributed by atoms with E-state index in [0.717, 1.165) is 11.4 Å². The molecule has 72 valence electrons. The number of benzene rings is 1. The quantitative estimate of drug-likeness (QED) is 0.762. The molecule has 1 aromatic heterocycles. The Balaban J connectivity index is 2.41. The van der Waals surface area contributed by atoms with Crippen molar-refractivity contribution in [2.24, 2.45) is 0 Å². The van der Waals surface area contributed by atoms with Crippen LogP contribution in [0.1, 0.15) is 0 Å². The van der Waals surface area contributed by atoms with Crippen LogP contribution in [0.5, 0.6) is 5.75 Å². The van der Waals surface area contributed by atoms with E-state index in [1.165, 1.54) is 11.0 Å². The lowest BCUT2D eigenvalue weighted by Crippen LogP contribution is -1.99. The normalized spacial score (nSPS) is 10.1. The molecule has 14 heavy (non-hydrogen) atoms. The molecule has 0 aliphatic carbocycles. The second kappa shape index (κ2) is 3.37. The molecular formula is C9H10N4O. The molecule has 2 rings (SSSR count). The average molecular weight is 190 g/mol. The zero-order valence-electron chi connectivity index (χ0n) is 7.71. The highest BCUT2D eigenvalue weighted by Crippen LogP contribution is 2.14. The summed E-state index contributed by atoms with van der Waals surface area (Å²) in [5, 5.41) is 7.97. The maximum atomic E-state index is 5.46. The minimum Gasteiger partial charge on any atom is -0.497 e. The van der Waals surface area contributed by atoms with Gasteiger partial charge in [-0.2, -0.15) is 5.10 Å². The molecule has 0 saturated carbocycles. The summed E-state index contributed by atoms with van der Waals surface area (Å²) >= 11 is 0. The van der Waals surface area contributed by atoms with Crippen LogP contribution >= 0.6 is 0 Å². The lowest BCUT2D eigenvalue weighted by Gasteiger charge is -2.02. The first kappa shape index (κ1) is 8.55. The fourth-order valence-corrected chi connectivity index (χ4v) is 1.13. The highest BCUT2D eigenvalue weighted by molar-refractivity contribution is 5.38. The van der Waals surface area contributed by atoms with E-state index in [1.807, 2.05) is 24.3 Å². The third-order valence-electron chi connectivity index (χ3n) is 1.79. The highest BCUT2D eigenvalue weighted by atomic mass is 16.5. The molecule has 1 heterocycles. The number of nitrogens with zero attached hydrogens (tertiary/aromatic N) is 3. The number of rotatable bonds is 2. The van der Waals surface area contributed by atoms with E-state index in [1.54, 1.807) is 7.11 Å². The number of nitrogens with two attached hydrogens (primary N) is 1. The second-order valence-electron chi connectivity index (χ2n) is 2.76. The van der Waals surface area contributed by atoms with E-state index in [-0.39, 0.29) is 0 Å². The molecule has 0 atom stereocenters. The lowest BCUT2D eigenvalue weighted by atomic mass is 10.3. The molecule has 0 unspecified atom stereocenters. The van der Waals surface area contributed by atoms with Crippen LogP contribution in [0.15, 0.2) is 30.5 Å². The predicted octanol–water partition coefficient (Wildman–Crippen LogP) is 0.858. The Morgan fingerprint density at radius 1 is 1.43 bits per heavy atom. The Labute approximate surface area is 81.1 Å². The molecule has 0 saturated heterocycles. The van der Waals surface area contributed by atoms with Gasteiger partial charge in [-0.25, -0.2) is 0 Å². The summed E-state index contributed by atoms with van der Waals surface area (Å²) in [6.45, 7) is 0. The largest absolute Gasteiger partial charge is 0.497 e. The molecule has 1 aromatic carbocycles. The molecule has 5 heteroatoms. The van der Waals surface area contributed by atoms with Crippen molar-refractivity contribution in [1.82, 2.24) is 15.0 Å². The van der Waals surface area contributed by atoms with Crippen molar-refractivity contribution in [2.45, 2.75) is 0 Å². The number of hydrogen-bond donors (Lipinski definition) is 1. The van der Waals surface area contributed by atoms with Gasteiger partial charge >= 0.3 is 0 Å². The SMILES string of the molecule is COc1cccc(-n2ncc(N)n2)c1. The van der Waals surface area contributed by atoms with Crippen LogP contribution in [0.2, 0.25) is 0 Å². The molecule has 0 aliphatic rings. The average Bonchev–Trinajstić information content (AvgIpc) is 2.65. The number of hydrogen-bond acceptors (Lipinski definition) is 4. The Kier molecular flexibility index (Phi) is 2.06. The van der Waals surface area contributed by atoms with Crippen molar-refractivity contribution >= 4 is 5.82 Å². The topological polar surface area (TPSA) is 66.0 Å². The molecule has 2 N–H and O–H groups in total. The minimum atomic E-state index is 0.396. The van der Waals surface area contributed by atoms with Gasteiger partial charge in [0.2, 0.25) is 0 Å². The maximum Gasteiger partial charge on any atom is 0.166 e. The molecule has 2 aromatic rings. The zero-order valence-corrected chi connectivity index (χ0v) is 7.71. The van der Waals surface area contributed by atoms with Crippen LogP contribution in [0.25, 0.3) is 5.69 Å². The summed E-state index contributed by atoms with van der Waals surface area (Å²) < 4.78 is 5.08. The molecule has 0 radical (unpaired) electrons. The van der Waals surface area contributed by atoms with Gasteiger partial charge in [0.15, 0.2) is 5.82 Å². The van der Waals surface area contributed by atoms with Gasteiger partial charge in [-0.15, -0.1) is 9.90 Å². The fourth-order valence-electron chi connectivity index (χ4n) is 1.13. The molecule has 0 bridgehead atoms. The highest BCUT2D eigenvalue weighted by Gasteiger charge is 2.00. The van der Waals surface area contributed by atoms with Crippen LogP contribution in [-0.2, 0) is 0 Å². The Morgan fingerprint density at radius 2 is 2.29 bits per heavy atom. The number of nitrogen functional groups attached to an aromatic ring is 1. The number of methoxy groups -OCH3 is 1. The summed E-state index contributed by atoms with van der Waals surface area (Å²) in [7, 11) is 1.62. The summed E-state index contributed by atoms with van der Waals surface area (Å²) in [5.41, 5.74) is 6.28. The molecule has 5 nitrogen and oxygen atoms in total. The first-order valence-corrected chi connectivity index (χ1v) is 4.12. The molecule has 0 amide bonds. The Morgan fingerprint density at radius 3 is 2.93 bits per heavy atom.